The highest BCUT2D eigenvalue weighted by Crippen LogP contribution is 2.18. The van der Waals surface area contributed by atoms with Gasteiger partial charge in [0.25, 0.3) is 10.2 Å². The number of piperidine rings is 1. The summed E-state index contributed by atoms with van der Waals surface area (Å²) in [5.41, 5.74) is 0. The van der Waals surface area contributed by atoms with E-state index in [2.05, 4.69) is 15.4 Å². The normalized spacial score (nSPS) is 28.4. The summed E-state index contributed by atoms with van der Waals surface area (Å²) in [5.74, 6) is 0.230. The highest BCUT2D eigenvalue weighted by atomic mass is 32.2. The zero-order valence-corrected chi connectivity index (χ0v) is 12.7. The molecule has 20 heavy (non-hydrogen) atoms. The fourth-order valence-corrected chi connectivity index (χ4v) is 3.85. The predicted octanol–water partition coefficient (Wildman–Crippen LogP) is -0.969. The van der Waals surface area contributed by atoms with Gasteiger partial charge in [-0.2, -0.15) is 12.7 Å². The molecule has 2 unspecified atom stereocenters. The van der Waals surface area contributed by atoms with E-state index in [-0.39, 0.29) is 17.9 Å². The smallest absolute Gasteiger partial charge is 0.279 e. The van der Waals surface area contributed by atoms with Crippen LogP contribution in [0.15, 0.2) is 0 Å². The van der Waals surface area contributed by atoms with Gasteiger partial charge in [0.05, 0.1) is 6.04 Å². The summed E-state index contributed by atoms with van der Waals surface area (Å²) < 4.78 is 27.3. The minimum atomic E-state index is -3.35. The number of nitrogens with one attached hydrogen (secondary N) is 3. The molecule has 2 atom stereocenters. The molecule has 2 heterocycles. The van der Waals surface area contributed by atoms with E-state index >= 15 is 0 Å². The second-order valence-electron chi connectivity index (χ2n) is 5.47. The summed E-state index contributed by atoms with van der Waals surface area (Å²) in [5, 5.41) is 6.10. The molecule has 8 heteroatoms. The van der Waals surface area contributed by atoms with Crippen LogP contribution in [0, 0.1) is 5.92 Å². The van der Waals surface area contributed by atoms with Crippen molar-refractivity contribution in [1.29, 1.82) is 0 Å². The van der Waals surface area contributed by atoms with Gasteiger partial charge in [0.2, 0.25) is 5.91 Å². The van der Waals surface area contributed by atoms with Crippen LogP contribution in [0.2, 0.25) is 0 Å². The Morgan fingerprint density at radius 1 is 1.35 bits per heavy atom. The molecule has 0 aromatic rings. The number of amides is 1. The van der Waals surface area contributed by atoms with E-state index in [1.165, 1.54) is 11.4 Å². The Labute approximate surface area is 120 Å². The van der Waals surface area contributed by atoms with Crippen molar-refractivity contribution < 1.29 is 13.2 Å². The molecule has 3 N–H and O–H groups in total. The van der Waals surface area contributed by atoms with Gasteiger partial charge in [-0.3, -0.25) is 4.79 Å². The topological polar surface area (TPSA) is 90.5 Å². The van der Waals surface area contributed by atoms with Crippen LogP contribution in [0.4, 0.5) is 0 Å². The molecule has 0 bridgehead atoms. The van der Waals surface area contributed by atoms with Crippen LogP contribution < -0.4 is 15.4 Å². The van der Waals surface area contributed by atoms with Crippen LogP contribution in [0.25, 0.3) is 0 Å². The maximum absolute atomic E-state index is 11.9. The molecule has 0 saturated carbocycles. The zero-order valence-electron chi connectivity index (χ0n) is 11.9. The molecule has 0 spiro atoms. The lowest BCUT2D eigenvalue weighted by molar-refractivity contribution is -0.123. The van der Waals surface area contributed by atoms with Crippen molar-refractivity contribution in [3.05, 3.63) is 0 Å². The molecule has 2 saturated heterocycles. The Morgan fingerprint density at radius 3 is 2.80 bits per heavy atom. The van der Waals surface area contributed by atoms with Gasteiger partial charge in [0.15, 0.2) is 0 Å². The fraction of sp³-hybridized carbons (Fsp3) is 0.917. The van der Waals surface area contributed by atoms with Gasteiger partial charge in [-0.1, -0.05) is 0 Å². The maximum atomic E-state index is 11.9. The molecular formula is C12H24N4O3S. The highest BCUT2D eigenvalue weighted by molar-refractivity contribution is 7.87. The second kappa shape index (κ2) is 6.84. The first kappa shape index (κ1) is 15.7. The number of carbonyl (C=O) groups excluding carboxylic acids is 1. The summed E-state index contributed by atoms with van der Waals surface area (Å²) in [6, 6.07) is -0.0734. The molecule has 0 aromatic carbocycles. The Bertz CT molecular complexity index is 434. The van der Waals surface area contributed by atoms with Gasteiger partial charge in [-0.25, -0.2) is 4.72 Å². The highest BCUT2D eigenvalue weighted by Gasteiger charge is 2.29. The minimum Gasteiger partial charge on any atom is -0.354 e. The first-order chi connectivity index (χ1) is 9.53. The average Bonchev–Trinajstić information content (AvgIpc) is 2.99. The molecule has 0 aromatic heterocycles. The molecule has 7 nitrogen and oxygen atoms in total. The first-order valence-corrected chi connectivity index (χ1v) is 8.66. The van der Waals surface area contributed by atoms with Gasteiger partial charge in [-0.05, 0) is 38.1 Å². The van der Waals surface area contributed by atoms with E-state index in [9.17, 15) is 13.2 Å². The lowest BCUT2D eigenvalue weighted by Gasteiger charge is -2.31. The van der Waals surface area contributed by atoms with Gasteiger partial charge < -0.3 is 10.6 Å². The molecule has 2 fully saturated rings. The van der Waals surface area contributed by atoms with Crippen molar-refractivity contribution in [1.82, 2.24) is 19.7 Å². The molecule has 116 valence electrons. The predicted molar refractivity (Wildman–Crippen MR) is 76.3 cm³/mol. The van der Waals surface area contributed by atoms with Gasteiger partial charge in [0.1, 0.15) is 0 Å². The van der Waals surface area contributed by atoms with E-state index in [4.69, 9.17) is 0 Å². The van der Waals surface area contributed by atoms with Gasteiger partial charge >= 0.3 is 0 Å². The SMILES string of the molecule is CNS(=O)(=O)N1CCCC(CNC(=O)C2CCCN2)C1. The maximum Gasteiger partial charge on any atom is 0.279 e. The number of nitrogens with zero attached hydrogens (tertiary/aromatic N) is 1. The third-order valence-corrected chi connectivity index (χ3v) is 5.55. The van der Waals surface area contributed by atoms with E-state index in [0.29, 0.717) is 19.6 Å². The van der Waals surface area contributed by atoms with E-state index in [0.717, 1.165) is 32.2 Å². The Hall–Kier alpha value is -0.700. The third-order valence-electron chi connectivity index (χ3n) is 4.02. The third kappa shape index (κ3) is 3.91. The minimum absolute atomic E-state index is 0.0381. The monoisotopic (exact) mass is 304 g/mol. The van der Waals surface area contributed by atoms with Crippen LogP contribution in [-0.4, -0.2) is 57.9 Å². The van der Waals surface area contributed by atoms with Crippen molar-refractivity contribution in [2.24, 2.45) is 5.92 Å². The largest absolute Gasteiger partial charge is 0.354 e. The van der Waals surface area contributed by atoms with Gasteiger partial charge in [0, 0.05) is 26.7 Å². The van der Waals surface area contributed by atoms with Crippen LogP contribution in [-0.2, 0) is 15.0 Å². The van der Waals surface area contributed by atoms with Gasteiger partial charge in [-0.15, -0.1) is 0 Å². The summed E-state index contributed by atoms with van der Waals surface area (Å²) in [6.07, 6.45) is 3.71. The molecule has 0 radical (unpaired) electrons. The van der Waals surface area contributed by atoms with Crippen LogP contribution in [0.3, 0.4) is 0 Å². The van der Waals surface area contributed by atoms with Crippen molar-refractivity contribution in [2.45, 2.75) is 31.7 Å². The van der Waals surface area contributed by atoms with Crippen LogP contribution in [0.1, 0.15) is 25.7 Å². The number of hydrogen-bond donors (Lipinski definition) is 3. The summed E-state index contributed by atoms with van der Waals surface area (Å²) in [4.78, 5) is 11.9. The molecule has 1 amide bonds. The van der Waals surface area contributed by atoms with Crippen LogP contribution in [0.5, 0.6) is 0 Å². The van der Waals surface area contributed by atoms with E-state index in [1.54, 1.807) is 0 Å². The molecular weight excluding hydrogens is 280 g/mol. The Kier molecular flexibility index (Phi) is 5.36. The number of rotatable bonds is 5. The van der Waals surface area contributed by atoms with Crippen molar-refractivity contribution in [3.8, 4) is 0 Å². The van der Waals surface area contributed by atoms with E-state index in [1.807, 2.05) is 0 Å². The van der Waals surface area contributed by atoms with Crippen molar-refractivity contribution >= 4 is 16.1 Å². The Balaban J connectivity index is 1.79. The molecule has 0 aliphatic carbocycles. The average molecular weight is 304 g/mol. The lowest BCUT2D eigenvalue weighted by Crippen LogP contribution is -2.48. The summed E-state index contributed by atoms with van der Waals surface area (Å²) >= 11 is 0. The number of carbonyl (C=O) groups is 1. The Morgan fingerprint density at radius 2 is 2.15 bits per heavy atom. The molecule has 2 aliphatic heterocycles. The lowest BCUT2D eigenvalue weighted by atomic mass is 9.99. The number of hydrogen-bond acceptors (Lipinski definition) is 4. The van der Waals surface area contributed by atoms with E-state index < -0.39 is 10.2 Å². The first-order valence-electron chi connectivity index (χ1n) is 7.22. The molecule has 2 rings (SSSR count). The standard InChI is InChI=1S/C12H24N4O3S/c1-13-20(18,19)16-7-3-4-10(9-16)8-15-12(17)11-5-2-6-14-11/h10-11,13-14H,2-9H2,1H3,(H,15,17). The van der Waals surface area contributed by atoms with Crippen LogP contribution >= 0.6 is 0 Å². The fourth-order valence-electron chi connectivity index (χ4n) is 2.82. The van der Waals surface area contributed by atoms with Crippen molar-refractivity contribution in [2.75, 3.05) is 33.2 Å². The molecule has 2 aliphatic rings. The summed E-state index contributed by atoms with van der Waals surface area (Å²) in [6.45, 7) is 2.47. The quantitative estimate of drug-likeness (QED) is 0.610. The zero-order chi connectivity index (χ0) is 14.6. The summed E-state index contributed by atoms with van der Waals surface area (Å²) in [7, 11) is -1.93. The second-order valence-corrected chi connectivity index (χ2v) is 7.34. The van der Waals surface area contributed by atoms with Crippen molar-refractivity contribution in [3.63, 3.8) is 0 Å².